The van der Waals surface area contributed by atoms with Gasteiger partial charge in [-0.25, -0.2) is 4.79 Å². The van der Waals surface area contributed by atoms with Gasteiger partial charge in [0, 0.05) is 11.5 Å². The highest BCUT2D eigenvalue weighted by molar-refractivity contribution is 6.01. The first-order chi connectivity index (χ1) is 14.0. The quantitative estimate of drug-likeness (QED) is 0.425. The van der Waals surface area contributed by atoms with E-state index in [0.29, 0.717) is 29.6 Å². The third kappa shape index (κ3) is 4.31. The Hall–Kier alpha value is -3.15. The molecule has 1 aromatic heterocycles. The van der Waals surface area contributed by atoms with Crippen molar-refractivity contribution in [1.82, 2.24) is 4.57 Å². The lowest BCUT2D eigenvalue weighted by atomic mass is 9.84. The summed E-state index contributed by atoms with van der Waals surface area (Å²) in [7, 11) is 1.33. The van der Waals surface area contributed by atoms with Gasteiger partial charge in [-0.15, -0.1) is 0 Å². The van der Waals surface area contributed by atoms with Crippen LogP contribution in [0.15, 0.2) is 57.7 Å². The van der Waals surface area contributed by atoms with Crippen molar-refractivity contribution in [1.29, 1.82) is 0 Å². The van der Waals surface area contributed by atoms with E-state index >= 15 is 0 Å². The second-order valence-corrected chi connectivity index (χ2v) is 7.19. The van der Waals surface area contributed by atoms with E-state index in [2.05, 4.69) is 0 Å². The summed E-state index contributed by atoms with van der Waals surface area (Å²) in [5, 5.41) is 0. The van der Waals surface area contributed by atoms with Gasteiger partial charge in [-0.05, 0) is 30.2 Å². The molecule has 0 aliphatic carbocycles. The van der Waals surface area contributed by atoms with Crippen LogP contribution in [0.5, 0.6) is 0 Å². The minimum Gasteiger partial charge on any atom is -0.469 e. The van der Waals surface area contributed by atoms with Gasteiger partial charge in [-0.3, -0.25) is 14.2 Å². The summed E-state index contributed by atoms with van der Waals surface area (Å²) in [5.74, 6) is -2.05. The zero-order valence-corrected chi connectivity index (χ0v) is 16.9. The van der Waals surface area contributed by atoms with Gasteiger partial charge in [-0.1, -0.05) is 50.6 Å². The number of ketones is 1. The molecule has 6 heteroatoms. The number of nitrogens with zero attached hydrogens (tertiary/aromatic N) is 1. The van der Waals surface area contributed by atoms with Gasteiger partial charge in [0.15, 0.2) is 11.4 Å². The first-order valence-corrected chi connectivity index (χ1v) is 9.75. The van der Waals surface area contributed by atoms with Crippen molar-refractivity contribution < 1.29 is 18.7 Å². The Labute approximate surface area is 169 Å². The molecule has 2 unspecified atom stereocenters. The maximum atomic E-state index is 13.0. The number of Topliss-reactive ketones (excluding diaryl/α,β-unsaturated/α-hetero) is 1. The van der Waals surface area contributed by atoms with Gasteiger partial charge in [0.2, 0.25) is 0 Å². The number of carbonyl (C=O) groups excluding carboxylic acids is 2. The molecule has 0 aliphatic rings. The molecule has 0 spiro atoms. The molecule has 0 radical (unpaired) electrons. The van der Waals surface area contributed by atoms with Crippen LogP contribution in [-0.4, -0.2) is 23.4 Å². The van der Waals surface area contributed by atoms with Crippen LogP contribution in [0.1, 0.15) is 42.6 Å². The average Bonchev–Trinajstić information content (AvgIpc) is 3.05. The third-order valence-corrected chi connectivity index (χ3v) is 5.26. The summed E-state index contributed by atoms with van der Waals surface area (Å²) in [6, 6.07) is 14.6. The molecule has 3 aromatic rings. The van der Waals surface area contributed by atoms with Gasteiger partial charge in [0.05, 0.1) is 25.1 Å². The standard InChI is InChI=1S/C23H25NO5/c1-4-8-18(22(26)28-3)15(2)21(25)17-11-12-19-20(13-17)29-23(27)24(19)14-16-9-6-5-7-10-16/h5-7,9-13,15,18H,4,8,14H2,1-3H3. The first kappa shape index (κ1) is 20.6. The Morgan fingerprint density at radius 1 is 1.14 bits per heavy atom. The molecule has 0 N–H and O–H groups in total. The van der Waals surface area contributed by atoms with Crippen LogP contribution in [0.4, 0.5) is 0 Å². The fraction of sp³-hybridized carbons (Fsp3) is 0.348. The van der Waals surface area contributed by atoms with Crippen molar-refractivity contribution in [3.63, 3.8) is 0 Å². The number of methoxy groups -OCH3 is 1. The second-order valence-electron chi connectivity index (χ2n) is 7.19. The normalized spacial score (nSPS) is 13.2. The minimum absolute atomic E-state index is 0.172. The van der Waals surface area contributed by atoms with Crippen LogP contribution in [0.25, 0.3) is 11.1 Å². The van der Waals surface area contributed by atoms with Gasteiger partial charge < -0.3 is 9.15 Å². The highest BCUT2D eigenvalue weighted by atomic mass is 16.5. The van der Waals surface area contributed by atoms with Gasteiger partial charge in [-0.2, -0.15) is 0 Å². The monoisotopic (exact) mass is 395 g/mol. The zero-order valence-electron chi connectivity index (χ0n) is 16.9. The molecule has 0 fully saturated rings. The van der Waals surface area contributed by atoms with E-state index in [1.54, 1.807) is 25.1 Å². The number of oxazole rings is 1. The summed E-state index contributed by atoms with van der Waals surface area (Å²) in [5.41, 5.74) is 2.37. The van der Waals surface area contributed by atoms with Crippen LogP contribution in [0.3, 0.4) is 0 Å². The van der Waals surface area contributed by atoms with E-state index in [9.17, 15) is 14.4 Å². The largest absolute Gasteiger partial charge is 0.469 e. The van der Waals surface area contributed by atoms with Crippen molar-refractivity contribution in [3.05, 3.63) is 70.2 Å². The van der Waals surface area contributed by atoms with E-state index in [1.165, 1.54) is 11.7 Å². The van der Waals surface area contributed by atoms with Crippen molar-refractivity contribution in [3.8, 4) is 0 Å². The fourth-order valence-electron chi connectivity index (χ4n) is 3.62. The Morgan fingerprint density at radius 3 is 2.52 bits per heavy atom. The second kappa shape index (κ2) is 8.90. The van der Waals surface area contributed by atoms with Crippen molar-refractivity contribution in [2.75, 3.05) is 7.11 Å². The molecule has 0 saturated heterocycles. The van der Waals surface area contributed by atoms with Crippen LogP contribution in [-0.2, 0) is 16.1 Å². The lowest BCUT2D eigenvalue weighted by Gasteiger charge is -2.20. The van der Waals surface area contributed by atoms with E-state index in [0.717, 1.165) is 12.0 Å². The van der Waals surface area contributed by atoms with Crippen LogP contribution >= 0.6 is 0 Å². The third-order valence-electron chi connectivity index (χ3n) is 5.26. The van der Waals surface area contributed by atoms with Crippen molar-refractivity contribution in [2.45, 2.75) is 33.2 Å². The average molecular weight is 395 g/mol. The van der Waals surface area contributed by atoms with Crippen LogP contribution < -0.4 is 5.76 Å². The van der Waals surface area contributed by atoms with Crippen molar-refractivity contribution in [2.24, 2.45) is 11.8 Å². The molecule has 29 heavy (non-hydrogen) atoms. The van der Waals surface area contributed by atoms with Crippen molar-refractivity contribution >= 4 is 22.9 Å². The lowest BCUT2D eigenvalue weighted by Crippen LogP contribution is -2.29. The highest BCUT2D eigenvalue weighted by Gasteiger charge is 2.31. The number of aromatic nitrogens is 1. The van der Waals surface area contributed by atoms with Crippen LogP contribution in [0.2, 0.25) is 0 Å². The summed E-state index contributed by atoms with van der Waals surface area (Å²) in [6.07, 6.45) is 1.35. The summed E-state index contributed by atoms with van der Waals surface area (Å²) < 4.78 is 11.8. The topological polar surface area (TPSA) is 78.5 Å². The molecule has 6 nitrogen and oxygen atoms in total. The number of carbonyl (C=O) groups is 2. The number of hydrogen-bond donors (Lipinski definition) is 0. The SMILES string of the molecule is CCCC(C(=O)OC)C(C)C(=O)c1ccc2c(c1)oc(=O)n2Cc1ccccc1. The molecular weight excluding hydrogens is 370 g/mol. The molecule has 0 bridgehead atoms. The number of fused-ring (bicyclic) bond motifs is 1. The molecule has 0 amide bonds. The Morgan fingerprint density at radius 2 is 1.86 bits per heavy atom. The Bertz CT molecular complexity index is 1060. The summed E-state index contributed by atoms with van der Waals surface area (Å²) >= 11 is 0. The number of hydrogen-bond acceptors (Lipinski definition) is 5. The lowest BCUT2D eigenvalue weighted by molar-refractivity contribution is -0.147. The van der Waals surface area contributed by atoms with Gasteiger partial charge in [0.25, 0.3) is 0 Å². The van der Waals surface area contributed by atoms with Gasteiger partial charge >= 0.3 is 11.7 Å². The minimum atomic E-state index is -0.530. The number of ether oxygens (including phenoxy) is 1. The highest BCUT2D eigenvalue weighted by Crippen LogP contribution is 2.25. The molecule has 0 aliphatic heterocycles. The van der Waals surface area contributed by atoms with Gasteiger partial charge in [0.1, 0.15) is 0 Å². The maximum absolute atomic E-state index is 13.0. The predicted molar refractivity (Wildman–Crippen MR) is 110 cm³/mol. The number of rotatable bonds is 8. The summed E-state index contributed by atoms with van der Waals surface area (Å²) in [6.45, 7) is 4.08. The van der Waals surface area contributed by atoms with E-state index in [1.807, 2.05) is 37.3 Å². The Kier molecular flexibility index (Phi) is 6.32. The first-order valence-electron chi connectivity index (χ1n) is 9.75. The molecule has 152 valence electrons. The number of benzene rings is 2. The van der Waals surface area contributed by atoms with E-state index in [4.69, 9.17) is 9.15 Å². The number of esters is 1. The molecule has 2 aromatic carbocycles. The zero-order chi connectivity index (χ0) is 21.0. The molecule has 0 saturated carbocycles. The van der Waals surface area contributed by atoms with E-state index < -0.39 is 17.6 Å². The molecule has 3 rings (SSSR count). The Balaban J connectivity index is 1.90. The smallest absolute Gasteiger partial charge is 0.420 e. The molecular formula is C23H25NO5. The van der Waals surface area contributed by atoms with E-state index in [-0.39, 0.29) is 11.8 Å². The fourth-order valence-corrected chi connectivity index (χ4v) is 3.62. The predicted octanol–water partition coefficient (Wildman–Crippen LogP) is 4.05. The van der Waals surface area contributed by atoms with Crippen LogP contribution in [0, 0.1) is 11.8 Å². The molecule has 2 atom stereocenters. The summed E-state index contributed by atoms with van der Waals surface area (Å²) in [4.78, 5) is 37.4. The molecule has 1 heterocycles. The maximum Gasteiger partial charge on any atom is 0.420 e.